The second-order valence-corrected chi connectivity index (χ2v) is 13.8. The highest BCUT2D eigenvalue weighted by molar-refractivity contribution is 5.69. The second kappa shape index (κ2) is 27.2. The molecule has 0 spiro atoms. The first-order chi connectivity index (χ1) is 20.8. The number of hydrogen-bond acceptors (Lipinski definition) is 7. The Balaban J connectivity index is 2.23. The summed E-state index contributed by atoms with van der Waals surface area (Å²) >= 11 is 0. The maximum absolute atomic E-state index is 12.3. The van der Waals surface area contributed by atoms with E-state index in [1.54, 1.807) is 0 Å². The number of carbonyl (C=O) groups is 2. The van der Waals surface area contributed by atoms with Crippen LogP contribution in [0, 0.1) is 11.8 Å². The third-order valence-electron chi connectivity index (χ3n) is 8.59. The Morgan fingerprint density at radius 1 is 0.651 bits per heavy atom. The van der Waals surface area contributed by atoms with E-state index in [2.05, 4.69) is 37.5 Å². The van der Waals surface area contributed by atoms with Crippen molar-refractivity contribution in [3.05, 3.63) is 0 Å². The van der Waals surface area contributed by atoms with Crippen molar-refractivity contribution in [1.82, 2.24) is 9.80 Å². The lowest BCUT2D eigenvalue weighted by molar-refractivity contribution is -0.144. The van der Waals surface area contributed by atoms with Crippen LogP contribution in [0.1, 0.15) is 150 Å². The van der Waals surface area contributed by atoms with Gasteiger partial charge in [0.25, 0.3) is 0 Å². The molecule has 0 aliphatic carbocycles. The van der Waals surface area contributed by atoms with Crippen molar-refractivity contribution in [2.75, 3.05) is 52.5 Å². The van der Waals surface area contributed by atoms with Crippen LogP contribution in [0.15, 0.2) is 0 Å². The van der Waals surface area contributed by atoms with Gasteiger partial charge in [0, 0.05) is 25.9 Å². The molecule has 1 aliphatic heterocycles. The van der Waals surface area contributed by atoms with Crippen LogP contribution < -0.4 is 0 Å². The molecule has 43 heavy (non-hydrogen) atoms. The molecule has 0 bridgehead atoms. The van der Waals surface area contributed by atoms with Crippen LogP contribution >= 0.6 is 0 Å². The zero-order valence-electron chi connectivity index (χ0n) is 28.8. The lowest BCUT2D eigenvalue weighted by Crippen LogP contribution is -2.38. The summed E-state index contributed by atoms with van der Waals surface area (Å²) in [6, 6.07) is 0. The monoisotopic (exact) mass is 611 g/mol. The van der Waals surface area contributed by atoms with Crippen LogP contribution in [0.2, 0.25) is 0 Å². The number of nitrogens with zero attached hydrogens (tertiary/aromatic N) is 2. The molecule has 7 nitrogen and oxygen atoms in total. The van der Waals surface area contributed by atoms with Gasteiger partial charge in [-0.25, -0.2) is 0 Å². The molecule has 0 aromatic carbocycles. The average Bonchev–Trinajstić information content (AvgIpc) is 2.96. The van der Waals surface area contributed by atoms with E-state index in [0.717, 1.165) is 109 Å². The average molecular weight is 611 g/mol. The predicted molar refractivity (Wildman–Crippen MR) is 178 cm³/mol. The van der Waals surface area contributed by atoms with Gasteiger partial charge in [-0.1, -0.05) is 91.9 Å². The van der Waals surface area contributed by atoms with Crippen molar-refractivity contribution in [2.45, 2.75) is 156 Å². The maximum Gasteiger partial charge on any atom is 0.305 e. The number of esters is 2. The van der Waals surface area contributed by atoms with E-state index in [9.17, 15) is 14.7 Å². The molecule has 254 valence electrons. The minimum atomic E-state index is -0.142. The molecule has 1 fully saturated rings. The Morgan fingerprint density at radius 2 is 1.07 bits per heavy atom. The number of hydrogen-bond donors (Lipinski definition) is 1. The van der Waals surface area contributed by atoms with Crippen LogP contribution in [0.3, 0.4) is 0 Å². The Morgan fingerprint density at radius 3 is 1.53 bits per heavy atom. The van der Waals surface area contributed by atoms with Crippen LogP contribution in [0.4, 0.5) is 0 Å². The van der Waals surface area contributed by atoms with Crippen molar-refractivity contribution in [3.63, 3.8) is 0 Å². The molecule has 0 aromatic rings. The van der Waals surface area contributed by atoms with Crippen LogP contribution in [0.25, 0.3) is 0 Å². The molecule has 0 saturated carbocycles. The Kier molecular flexibility index (Phi) is 25.2. The number of rotatable bonds is 28. The Bertz CT molecular complexity index is 622. The normalized spacial score (nSPS) is 14.7. The number of piperidine rings is 1. The maximum atomic E-state index is 12.3. The fraction of sp³-hybridized carbons (Fsp3) is 0.944. The molecule has 1 rings (SSSR count). The number of ether oxygens (including phenoxy) is 2. The Hall–Kier alpha value is -1.18. The van der Waals surface area contributed by atoms with Gasteiger partial charge >= 0.3 is 11.9 Å². The van der Waals surface area contributed by atoms with Gasteiger partial charge in [-0.3, -0.25) is 9.59 Å². The molecular weight excluding hydrogens is 540 g/mol. The minimum absolute atomic E-state index is 0.0878. The highest BCUT2D eigenvalue weighted by Gasteiger charge is 2.17. The van der Waals surface area contributed by atoms with Crippen LogP contribution in [-0.2, 0) is 19.1 Å². The quantitative estimate of drug-likeness (QED) is 0.0716. The largest absolute Gasteiger partial charge is 0.466 e. The first-order valence-corrected chi connectivity index (χ1v) is 18.2. The SMILES string of the molecule is CC(C)CCCCCCCOC(=O)CCCN(CCCC(=O)OCCCCCCCC(C)C)CCCN1CCC(O)CC1. The van der Waals surface area contributed by atoms with E-state index in [0.29, 0.717) is 26.1 Å². The third kappa shape index (κ3) is 25.8. The standard InChI is InChI=1S/C36H70N2O5/c1-32(2)18-11-7-5-9-13-30-42-35(40)20-15-24-37(26-17-27-38-28-22-34(39)23-29-38)25-16-21-36(41)43-31-14-10-6-8-12-19-33(3)4/h32-34,39H,5-31H2,1-4H3. The number of carbonyl (C=O) groups excluding carboxylic acids is 2. The van der Waals surface area contributed by atoms with E-state index in [4.69, 9.17) is 9.47 Å². The summed E-state index contributed by atoms with van der Waals surface area (Å²) in [4.78, 5) is 29.4. The number of aliphatic hydroxyl groups excluding tert-OH is 1. The zero-order valence-corrected chi connectivity index (χ0v) is 28.8. The van der Waals surface area contributed by atoms with Gasteiger partial charge in [-0.15, -0.1) is 0 Å². The summed E-state index contributed by atoms with van der Waals surface area (Å²) in [5.74, 6) is 1.39. The molecule has 0 radical (unpaired) electrons. The number of aliphatic hydroxyl groups is 1. The van der Waals surface area contributed by atoms with E-state index < -0.39 is 0 Å². The molecule has 1 saturated heterocycles. The lowest BCUT2D eigenvalue weighted by atomic mass is 10.0. The van der Waals surface area contributed by atoms with Crippen molar-refractivity contribution in [1.29, 1.82) is 0 Å². The van der Waals surface area contributed by atoms with E-state index in [1.165, 1.54) is 51.4 Å². The lowest BCUT2D eigenvalue weighted by Gasteiger charge is -2.30. The number of unbranched alkanes of at least 4 members (excludes halogenated alkanes) is 8. The van der Waals surface area contributed by atoms with Gasteiger partial charge < -0.3 is 24.4 Å². The molecule has 1 N–H and O–H groups in total. The number of likely N-dealkylation sites (tertiary alicyclic amines) is 1. The van der Waals surface area contributed by atoms with Crippen molar-refractivity contribution in [3.8, 4) is 0 Å². The second-order valence-electron chi connectivity index (χ2n) is 13.8. The fourth-order valence-corrected chi connectivity index (χ4v) is 5.78. The summed E-state index contributed by atoms with van der Waals surface area (Å²) in [6.45, 7) is 15.8. The van der Waals surface area contributed by atoms with Crippen LogP contribution in [-0.4, -0.2) is 85.4 Å². The highest BCUT2D eigenvalue weighted by atomic mass is 16.5. The molecule has 7 heteroatoms. The Labute approximate surface area is 265 Å². The summed E-state index contributed by atoms with van der Waals surface area (Å²) in [5, 5.41) is 9.77. The molecule has 1 aliphatic rings. The van der Waals surface area contributed by atoms with Gasteiger partial charge in [-0.05, 0) is 83.0 Å². The van der Waals surface area contributed by atoms with Crippen molar-refractivity contribution in [2.24, 2.45) is 11.8 Å². The summed E-state index contributed by atoms with van der Waals surface area (Å²) in [7, 11) is 0. The van der Waals surface area contributed by atoms with E-state index in [-0.39, 0.29) is 18.0 Å². The van der Waals surface area contributed by atoms with Crippen molar-refractivity contribution < 1.29 is 24.2 Å². The first-order valence-electron chi connectivity index (χ1n) is 18.2. The van der Waals surface area contributed by atoms with Crippen molar-refractivity contribution >= 4 is 11.9 Å². The van der Waals surface area contributed by atoms with Crippen LogP contribution in [0.5, 0.6) is 0 Å². The summed E-state index contributed by atoms with van der Waals surface area (Å²) in [6.07, 6.45) is 19.5. The molecule has 0 unspecified atom stereocenters. The third-order valence-corrected chi connectivity index (χ3v) is 8.59. The van der Waals surface area contributed by atoms with Gasteiger partial charge in [0.05, 0.1) is 19.3 Å². The predicted octanol–water partition coefficient (Wildman–Crippen LogP) is 7.78. The fourth-order valence-electron chi connectivity index (χ4n) is 5.78. The first kappa shape index (κ1) is 39.8. The molecule has 0 amide bonds. The molecule has 0 aromatic heterocycles. The molecular formula is C36H70N2O5. The van der Waals surface area contributed by atoms with Gasteiger partial charge in [0.15, 0.2) is 0 Å². The summed E-state index contributed by atoms with van der Waals surface area (Å²) < 4.78 is 11.0. The molecule has 1 heterocycles. The topological polar surface area (TPSA) is 79.3 Å². The van der Waals surface area contributed by atoms with E-state index >= 15 is 0 Å². The smallest absolute Gasteiger partial charge is 0.305 e. The minimum Gasteiger partial charge on any atom is -0.466 e. The molecule has 0 atom stereocenters. The van der Waals surface area contributed by atoms with E-state index in [1.807, 2.05) is 0 Å². The van der Waals surface area contributed by atoms with Gasteiger partial charge in [-0.2, -0.15) is 0 Å². The van der Waals surface area contributed by atoms with Gasteiger partial charge in [0.2, 0.25) is 0 Å². The highest BCUT2D eigenvalue weighted by Crippen LogP contribution is 2.13. The zero-order chi connectivity index (χ0) is 31.5. The van der Waals surface area contributed by atoms with Gasteiger partial charge in [0.1, 0.15) is 0 Å². The summed E-state index contributed by atoms with van der Waals surface area (Å²) in [5.41, 5.74) is 0.